The van der Waals surface area contributed by atoms with Crippen molar-refractivity contribution in [3.63, 3.8) is 0 Å². The average molecular weight is 482 g/mol. The number of benzene rings is 2. The van der Waals surface area contributed by atoms with Gasteiger partial charge < -0.3 is 25.6 Å². The summed E-state index contributed by atoms with van der Waals surface area (Å²) in [5.41, 5.74) is 4.71. The lowest BCUT2D eigenvalue weighted by atomic mass is 9.98. The molecule has 10 heteroatoms. The Morgan fingerprint density at radius 2 is 1.68 bits per heavy atom. The van der Waals surface area contributed by atoms with Crippen molar-refractivity contribution in [1.82, 2.24) is 15.6 Å². The van der Waals surface area contributed by atoms with E-state index in [4.69, 9.17) is 9.84 Å². The van der Waals surface area contributed by atoms with Gasteiger partial charge in [0.2, 0.25) is 0 Å². The lowest BCUT2D eigenvalue weighted by molar-refractivity contribution is -0.146. The minimum Gasteiger partial charge on any atom is -0.479 e. The zero-order valence-electron chi connectivity index (χ0n) is 18.1. The van der Waals surface area contributed by atoms with E-state index in [1.54, 1.807) is 0 Å². The van der Waals surface area contributed by atoms with Crippen LogP contribution < -0.4 is 10.6 Å². The number of aliphatic hydroxyl groups excluding tert-OH is 1. The van der Waals surface area contributed by atoms with Crippen LogP contribution in [0.1, 0.15) is 39.0 Å². The van der Waals surface area contributed by atoms with Gasteiger partial charge in [-0.2, -0.15) is 0 Å². The van der Waals surface area contributed by atoms with Gasteiger partial charge in [0.25, 0.3) is 5.91 Å². The Bertz CT molecular complexity index is 1170. The maximum Gasteiger partial charge on any atom is 0.407 e. The number of carboxylic acid groups (broad SMARTS) is 1. The number of aromatic nitrogens is 1. The largest absolute Gasteiger partial charge is 0.479 e. The molecule has 0 spiro atoms. The van der Waals surface area contributed by atoms with Crippen molar-refractivity contribution in [3.8, 4) is 11.1 Å². The number of amides is 2. The Hall–Kier alpha value is -3.76. The summed E-state index contributed by atoms with van der Waals surface area (Å²) in [6.45, 7) is 0.303. The molecule has 1 heterocycles. The highest BCUT2D eigenvalue weighted by molar-refractivity contribution is 7.09. The fourth-order valence-corrected chi connectivity index (χ4v) is 4.54. The molecular formula is C24H23N3O6S. The van der Waals surface area contributed by atoms with E-state index in [9.17, 15) is 19.5 Å². The van der Waals surface area contributed by atoms with Crippen molar-refractivity contribution in [2.75, 3.05) is 13.2 Å². The molecule has 2 aromatic carbocycles. The number of carbonyl (C=O) groups is 3. The van der Waals surface area contributed by atoms with E-state index in [2.05, 4.69) is 27.8 Å². The molecular weight excluding hydrogens is 458 g/mol. The molecule has 9 nitrogen and oxygen atoms in total. The summed E-state index contributed by atoms with van der Waals surface area (Å²) in [5.74, 6) is -1.86. The van der Waals surface area contributed by atoms with Crippen molar-refractivity contribution in [3.05, 3.63) is 75.7 Å². The van der Waals surface area contributed by atoms with Gasteiger partial charge in [0, 0.05) is 24.3 Å². The molecule has 0 unspecified atom stereocenters. The van der Waals surface area contributed by atoms with Crippen LogP contribution in [0.3, 0.4) is 0 Å². The number of fused-ring (bicyclic) bond motifs is 3. The van der Waals surface area contributed by atoms with Crippen LogP contribution in [0.15, 0.2) is 53.9 Å². The fraction of sp³-hybridized carbons (Fsp3) is 0.250. The molecule has 176 valence electrons. The van der Waals surface area contributed by atoms with Crippen LogP contribution >= 0.6 is 11.3 Å². The van der Waals surface area contributed by atoms with E-state index < -0.39 is 24.1 Å². The van der Waals surface area contributed by atoms with E-state index >= 15 is 0 Å². The minimum atomic E-state index is -1.53. The van der Waals surface area contributed by atoms with Crippen LogP contribution in [0.4, 0.5) is 4.79 Å². The van der Waals surface area contributed by atoms with Crippen LogP contribution in [-0.2, 0) is 16.1 Å². The molecule has 0 bridgehead atoms. The first-order valence-electron chi connectivity index (χ1n) is 10.7. The first kappa shape index (κ1) is 23.4. The predicted molar refractivity (Wildman–Crippen MR) is 125 cm³/mol. The highest BCUT2D eigenvalue weighted by Crippen LogP contribution is 2.44. The highest BCUT2D eigenvalue weighted by atomic mass is 32.1. The summed E-state index contributed by atoms with van der Waals surface area (Å²) in [6, 6.07) is 16.2. The smallest absolute Gasteiger partial charge is 0.407 e. The number of aliphatic carboxylic acids is 1. The lowest BCUT2D eigenvalue weighted by Crippen LogP contribution is -2.30. The molecule has 4 N–H and O–H groups in total. The maximum atomic E-state index is 12.3. The summed E-state index contributed by atoms with van der Waals surface area (Å²) in [6.07, 6.45) is -2.22. The van der Waals surface area contributed by atoms with Gasteiger partial charge in [-0.05, 0) is 22.3 Å². The highest BCUT2D eigenvalue weighted by Gasteiger charge is 2.29. The number of nitrogens with zero attached hydrogens (tertiary/aromatic N) is 1. The van der Waals surface area contributed by atoms with E-state index in [0.717, 1.165) is 22.3 Å². The second-order valence-corrected chi connectivity index (χ2v) is 8.65. The molecule has 0 saturated carbocycles. The molecule has 0 fully saturated rings. The number of aliphatic hydroxyl groups is 1. The number of nitrogens with one attached hydrogen (secondary N) is 2. The van der Waals surface area contributed by atoms with Gasteiger partial charge in [-0.25, -0.2) is 14.6 Å². The van der Waals surface area contributed by atoms with Gasteiger partial charge in [0.05, 0.1) is 6.54 Å². The first-order valence-corrected chi connectivity index (χ1v) is 11.5. The van der Waals surface area contributed by atoms with Crippen molar-refractivity contribution in [2.24, 2.45) is 0 Å². The molecule has 1 aliphatic rings. The Morgan fingerprint density at radius 3 is 2.32 bits per heavy atom. The minimum absolute atomic E-state index is 0.00282. The number of alkyl carbamates (subject to hydrolysis) is 1. The van der Waals surface area contributed by atoms with Crippen LogP contribution in [0.5, 0.6) is 0 Å². The van der Waals surface area contributed by atoms with Crippen molar-refractivity contribution < 1.29 is 29.3 Å². The molecule has 4 rings (SSSR count). The number of carbonyl (C=O) groups excluding carboxylic acids is 2. The lowest BCUT2D eigenvalue weighted by Gasteiger charge is -2.14. The molecule has 3 aromatic rings. The van der Waals surface area contributed by atoms with Gasteiger partial charge >= 0.3 is 12.1 Å². The Morgan fingerprint density at radius 1 is 1.03 bits per heavy atom. The number of hydrogen-bond donors (Lipinski definition) is 4. The first-order chi connectivity index (χ1) is 16.4. The molecule has 0 aliphatic heterocycles. The van der Waals surface area contributed by atoms with Gasteiger partial charge in [0.1, 0.15) is 17.3 Å². The Kier molecular flexibility index (Phi) is 7.19. The molecule has 0 radical (unpaired) electrons. The fourth-order valence-electron chi connectivity index (χ4n) is 3.83. The number of ether oxygens (including phenoxy) is 1. The topological polar surface area (TPSA) is 138 Å². The van der Waals surface area contributed by atoms with E-state index in [1.807, 2.05) is 36.4 Å². The second-order valence-electron chi connectivity index (χ2n) is 7.70. The third-order valence-electron chi connectivity index (χ3n) is 5.50. The van der Waals surface area contributed by atoms with Gasteiger partial charge in [0.15, 0.2) is 6.10 Å². The van der Waals surface area contributed by atoms with Crippen LogP contribution in [0, 0.1) is 0 Å². The van der Waals surface area contributed by atoms with Crippen molar-refractivity contribution in [1.29, 1.82) is 0 Å². The zero-order chi connectivity index (χ0) is 24.1. The van der Waals surface area contributed by atoms with Gasteiger partial charge in [-0.1, -0.05) is 48.5 Å². The Labute approximate surface area is 199 Å². The standard InChI is InChI=1S/C24H23N3O6S/c28-20(23(30)31)9-10-25-22(29)19-13-34-21(27-19)11-26-24(32)33-12-18-16-7-3-1-5-14(16)15-6-2-4-8-17(15)18/h1-8,13,18,20,28H,9-12H2,(H,25,29)(H,26,32)(H,30,31)/t20-/m0/s1. The van der Waals surface area contributed by atoms with Crippen molar-refractivity contribution in [2.45, 2.75) is 25.0 Å². The molecule has 1 aliphatic carbocycles. The number of hydrogen-bond acceptors (Lipinski definition) is 7. The normalized spacial score (nSPS) is 13.0. The molecule has 34 heavy (non-hydrogen) atoms. The zero-order valence-corrected chi connectivity index (χ0v) is 18.9. The summed E-state index contributed by atoms with van der Waals surface area (Å²) in [5, 5.41) is 25.1. The van der Waals surface area contributed by atoms with E-state index in [1.165, 1.54) is 16.7 Å². The average Bonchev–Trinajstić information content (AvgIpc) is 3.44. The molecule has 1 atom stereocenters. The molecule has 1 aromatic heterocycles. The SMILES string of the molecule is O=C(NCc1nc(C(=O)NCC[C@H](O)C(=O)O)cs1)OCC1c2ccccc2-c2ccccc21. The van der Waals surface area contributed by atoms with Crippen LogP contribution in [0.25, 0.3) is 11.1 Å². The summed E-state index contributed by atoms with van der Waals surface area (Å²) >= 11 is 1.20. The third kappa shape index (κ3) is 5.24. The van der Waals surface area contributed by atoms with E-state index in [-0.39, 0.29) is 37.7 Å². The quantitative estimate of drug-likeness (QED) is 0.369. The monoisotopic (exact) mass is 481 g/mol. The van der Waals surface area contributed by atoms with E-state index in [0.29, 0.717) is 5.01 Å². The predicted octanol–water partition coefficient (Wildman–Crippen LogP) is 2.75. The Balaban J connectivity index is 1.26. The molecule has 2 amide bonds. The summed E-state index contributed by atoms with van der Waals surface area (Å²) in [4.78, 5) is 39.1. The van der Waals surface area contributed by atoms with Crippen molar-refractivity contribution >= 4 is 29.3 Å². The van der Waals surface area contributed by atoms with Gasteiger partial charge in [-0.3, -0.25) is 4.79 Å². The third-order valence-corrected chi connectivity index (χ3v) is 6.35. The number of carboxylic acids is 1. The summed E-state index contributed by atoms with van der Waals surface area (Å²) in [7, 11) is 0. The van der Waals surface area contributed by atoms with Crippen LogP contribution in [0.2, 0.25) is 0 Å². The van der Waals surface area contributed by atoms with Crippen LogP contribution in [-0.4, -0.2) is 52.4 Å². The summed E-state index contributed by atoms with van der Waals surface area (Å²) < 4.78 is 5.49. The second kappa shape index (κ2) is 10.4. The maximum absolute atomic E-state index is 12.3. The number of rotatable bonds is 9. The number of thiazole rings is 1. The van der Waals surface area contributed by atoms with Gasteiger partial charge in [-0.15, -0.1) is 11.3 Å². The molecule has 0 saturated heterocycles.